The first kappa shape index (κ1) is 26.7. The van der Waals surface area contributed by atoms with Crippen LogP contribution in [0.2, 0.25) is 0 Å². The Morgan fingerprint density at radius 1 is 1.03 bits per heavy atom. The van der Waals surface area contributed by atoms with Gasteiger partial charge in [0.05, 0.1) is 12.1 Å². The number of aromatic carboxylic acids is 1. The lowest BCUT2D eigenvalue weighted by molar-refractivity contribution is -0.121. The van der Waals surface area contributed by atoms with Gasteiger partial charge in [0.25, 0.3) is 0 Å². The van der Waals surface area contributed by atoms with Gasteiger partial charge in [-0.15, -0.1) is 0 Å². The predicted molar refractivity (Wildman–Crippen MR) is 135 cm³/mol. The van der Waals surface area contributed by atoms with Crippen LogP contribution in [-0.4, -0.2) is 72.2 Å². The van der Waals surface area contributed by atoms with Crippen LogP contribution in [0, 0.1) is 0 Å². The molecule has 0 aliphatic carbocycles. The van der Waals surface area contributed by atoms with E-state index in [1.807, 2.05) is 36.2 Å². The summed E-state index contributed by atoms with van der Waals surface area (Å²) in [5.41, 5.74) is 1.29. The van der Waals surface area contributed by atoms with Gasteiger partial charge in [-0.2, -0.15) is 0 Å². The van der Waals surface area contributed by atoms with Crippen molar-refractivity contribution in [3.63, 3.8) is 0 Å². The van der Waals surface area contributed by atoms with Crippen LogP contribution < -0.4 is 15.5 Å². The first-order chi connectivity index (χ1) is 16.9. The van der Waals surface area contributed by atoms with Gasteiger partial charge in [-0.25, -0.2) is 9.59 Å². The number of carboxylic acids is 1. The Bertz CT molecular complexity index is 1110. The second-order valence-corrected chi connectivity index (χ2v) is 9.72. The van der Waals surface area contributed by atoms with Crippen LogP contribution in [-0.2, 0) is 20.7 Å². The molecule has 1 aliphatic rings. The van der Waals surface area contributed by atoms with Gasteiger partial charge >= 0.3 is 12.1 Å². The van der Waals surface area contributed by atoms with E-state index in [-0.39, 0.29) is 17.9 Å². The first-order valence-electron chi connectivity index (χ1n) is 11.6. The van der Waals surface area contributed by atoms with Crippen LogP contribution in [0.4, 0.5) is 16.2 Å². The largest absolute Gasteiger partial charge is 0.478 e. The van der Waals surface area contributed by atoms with E-state index in [1.165, 1.54) is 24.3 Å². The number of rotatable bonds is 7. The molecule has 3 rings (SSSR count). The molecule has 10 heteroatoms. The highest BCUT2D eigenvalue weighted by Gasteiger charge is 2.26. The number of nitrogens with one attached hydrogen (secondary N) is 2. The Morgan fingerprint density at radius 2 is 1.67 bits per heavy atom. The SMILES string of the molecule is CN1CCN(c2ccc(CC(NC(=O)OC(C)(C)C)C(=O)Nc3ccc(C(=O)O)cc3)cc2)C(=O)C1. The summed E-state index contributed by atoms with van der Waals surface area (Å²) >= 11 is 0. The van der Waals surface area contributed by atoms with Crippen LogP contribution in [0.1, 0.15) is 36.7 Å². The molecule has 0 saturated carbocycles. The van der Waals surface area contributed by atoms with E-state index in [0.717, 1.165) is 17.8 Å². The molecule has 1 heterocycles. The van der Waals surface area contributed by atoms with Crippen LogP contribution in [0.5, 0.6) is 0 Å². The highest BCUT2D eigenvalue weighted by molar-refractivity contribution is 5.97. The highest BCUT2D eigenvalue weighted by atomic mass is 16.6. The summed E-state index contributed by atoms with van der Waals surface area (Å²) in [6, 6.07) is 12.0. The van der Waals surface area contributed by atoms with Crippen molar-refractivity contribution < 1.29 is 29.0 Å². The van der Waals surface area contributed by atoms with E-state index in [4.69, 9.17) is 9.84 Å². The molecular weight excluding hydrogens is 464 g/mol. The number of benzene rings is 2. The van der Waals surface area contributed by atoms with Gasteiger partial charge in [0.1, 0.15) is 11.6 Å². The molecular formula is C26H32N4O6. The Hall–Kier alpha value is -3.92. The number of amides is 3. The number of anilines is 2. The second kappa shape index (κ2) is 11.2. The maximum Gasteiger partial charge on any atom is 0.408 e. The van der Waals surface area contributed by atoms with Crippen molar-refractivity contribution in [2.45, 2.75) is 38.8 Å². The maximum absolute atomic E-state index is 13.1. The predicted octanol–water partition coefficient (Wildman–Crippen LogP) is 2.74. The fourth-order valence-corrected chi connectivity index (χ4v) is 3.70. The standard InChI is InChI=1S/C26H32N4O6/c1-26(2,3)36-25(35)28-21(23(32)27-19-9-7-18(8-10-19)24(33)34)15-17-5-11-20(12-6-17)30-14-13-29(4)16-22(30)31/h5-12,21H,13-16H2,1-4H3,(H,27,32)(H,28,35)(H,33,34). The smallest absolute Gasteiger partial charge is 0.408 e. The van der Waals surface area contributed by atoms with Gasteiger partial charge in [0.2, 0.25) is 11.8 Å². The van der Waals surface area contributed by atoms with E-state index in [9.17, 15) is 19.2 Å². The van der Waals surface area contributed by atoms with E-state index in [1.54, 1.807) is 25.7 Å². The minimum absolute atomic E-state index is 0.0225. The molecule has 1 atom stereocenters. The monoisotopic (exact) mass is 496 g/mol. The fraction of sp³-hybridized carbons (Fsp3) is 0.385. The quantitative estimate of drug-likeness (QED) is 0.538. The summed E-state index contributed by atoms with van der Waals surface area (Å²) < 4.78 is 5.32. The Morgan fingerprint density at radius 3 is 2.22 bits per heavy atom. The van der Waals surface area contributed by atoms with Crippen molar-refractivity contribution in [2.75, 3.05) is 36.9 Å². The van der Waals surface area contributed by atoms with Gasteiger partial charge < -0.3 is 25.4 Å². The average Bonchev–Trinajstić information content (AvgIpc) is 2.78. The third-order valence-electron chi connectivity index (χ3n) is 5.51. The zero-order chi connectivity index (χ0) is 26.5. The molecule has 1 aliphatic heterocycles. The molecule has 1 fully saturated rings. The minimum atomic E-state index is -1.07. The molecule has 1 unspecified atom stereocenters. The molecule has 192 valence electrons. The molecule has 3 N–H and O–H groups in total. The van der Waals surface area contributed by atoms with Crippen LogP contribution in [0.3, 0.4) is 0 Å². The van der Waals surface area contributed by atoms with Crippen molar-refractivity contribution in [3.05, 3.63) is 59.7 Å². The van der Waals surface area contributed by atoms with Gasteiger partial charge in [-0.3, -0.25) is 14.5 Å². The summed E-state index contributed by atoms with van der Waals surface area (Å²) in [7, 11) is 1.90. The number of piperazine rings is 1. The third kappa shape index (κ3) is 7.54. The lowest BCUT2D eigenvalue weighted by atomic mass is 10.0. The summed E-state index contributed by atoms with van der Waals surface area (Å²) in [5.74, 6) is -1.53. The number of carbonyl (C=O) groups is 4. The summed E-state index contributed by atoms with van der Waals surface area (Å²) in [4.78, 5) is 52.6. The molecule has 2 aromatic rings. The van der Waals surface area contributed by atoms with Crippen molar-refractivity contribution in [2.24, 2.45) is 0 Å². The Balaban J connectivity index is 1.74. The minimum Gasteiger partial charge on any atom is -0.478 e. The number of hydrogen-bond donors (Lipinski definition) is 3. The van der Waals surface area contributed by atoms with E-state index in [0.29, 0.717) is 18.8 Å². The molecule has 10 nitrogen and oxygen atoms in total. The van der Waals surface area contributed by atoms with E-state index < -0.39 is 29.6 Å². The highest BCUT2D eigenvalue weighted by Crippen LogP contribution is 2.19. The van der Waals surface area contributed by atoms with Crippen LogP contribution in [0.25, 0.3) is 0 Å². The first-order valence-corrected chi connectivity index (χ1v) is 11.6. The lowest BCUT2D eigenvalue weighted by Crippen LogP contribution is -2.49. The molecule has 2 aromatic carbocycles. The molecule has 3 amide bonds. The number of ether oxygens (including phenoxy) is 1. The third-order valence-corrected chi connectivity index (χ3v) is 5.51. The van der Waals surface area contributed by atoms with Crippen LogP contribution >= 0.6 is 0 Å². The fourth-order valence-electron chi connectivity index (χ4n) is 3.70. The maximum atomic E-state index is 13.1. The Labute approximate surface area is 210 Å². The summed E-state index contributed by atoms with van der Waals surface area (Å²) in [6.07, 6.45) is -0.557. The van der Waals surface area contributed by atoms with Crippen molar-refractivity contribution >= 4 is 35.3 Å². The summed E-state index contributed by atoms with van der Waals surface area (Å²) in [5, 5.41) is 14.4. The second-order valence-electron chi connectivity index (χ2n) is 9.72. The molecule has 36 heavy (non-hydrogen) atoms. The number of nitrogens with zero attached hydrogens (tertiary/aromatic N) is 2. The van der Waals surface area contributed by atoms with Gasteiger partial charge in [-0.05, 0) is 69.8 Å². The van der Waals surface area contributed by atoms with E-state index in [2.05, 4.69) is 10.6 Å². The number of carboxylic acid groups (broad SMARTS) is 1. The van der Waals surface area contributed by atoms with E-state index >= 15 is 0 Å². The molecule has 0 radical (unpaired) electrons. The summed E-state index contributed by atoms with van der Waals surface area (Å²) in [6.45, 7) is 6.92. The molecule has 0 spiro atoms. The van der Waals surface area contributed by atoms with Crippen molar-refractivity contribution in [3.8, 4) is 0 Å². The van der Waals surface area contributed by atoms with Gasteiger partial charge in [0, 0.05) is 30.9 Å². The Kier molecular flexibility index (Phi) is 8.31. The zero-order valence-corrected chi connectivity index (χ0v) is 20.9. The van der Waals surface area contributed by atoms with Gasteiger partial charge in [0.15, 0.2) is 0 Å². The molecule has 1 saturated heterocycles. The number of likely N-dealkylation sites (N-methyl/N-ethyl adjacent to an activating group) is 1. The lowest BCUT2D eigenvalue weighted by Gasteiger charge is -2.32. The average molecular weight is 497 g/mol. The number of carbonyl (C=O) groups excluding carboxylic acids is 3. The van der Waals surface area contributed by atoms with Crippen molar-refractivity contribution in [1.82, 2.24) is 10.2 Å². The topological polar surface area (TPSA) is 128 Å². The zero-order valence-electron chi connectivity index (χ0n) is 20.9. The van der Waals surface area contributed by atoms with Gasteiger partial charge in [-0.1, -0.05) is 12.1 Å². The van der Waals surface area contributed by atoms with Crippen molar-refractivity contribution in [1.29, 1.82) is 0 Å². The molecule has 0 aromatic heterocycles. The number of hydrogen-bond acceptors (Lipinski definition) is 6. The molecule has 0 bridgehead atoms. The van der Waals surface area contributed by atoms with Crippen LogP contribution in [0.15, 0.2) is 48.5 Å². The number of alkyl carbamates (subject to hydrolysis) is 1. The normalized spacial score (nSPS) is 15.2.